The van der Waals surface area contributed by atoms with Gasteiger partial charge in [0, 0.05) is 22.2 Å². The van der Waals surface area contributed by atoms with E-state index < -0.39 is 10.0 Å². The molecule has 1 aromatic heterocycles. The predicted octanol–water partition coefficient (Wildman–Crippen LogP) is 2.76. The van der Waals surface area contributed by atoms with Gasteiger partial charge in [0.25, 0.3) is 10.0 Å². The molecule has 0 saturated heterocycles. The fraction of sp³-hybridized carbons (Fsp3) is 0.0833. The maximum absolute atomic E-state index is 12.2. The summed E-state index contributed by atoms with van der Waals surface area (Å²) < 4.78 is 27.4. The Kier molecular flexibility index (Phi) is 4.64. The van der Waals surface area contributed by atoms with Crippen molar-refractivity contribution in [1.82, 2.24) is 4.98 Å². The smallest absolute Gasteiger partial charge is 0.279 e. The van der Waals surface area contributed by atoms with Crippen LogP contribution in [0.3, 0.4) is 0 Å². The molecular weight excluding hydrogens is 366 g/mol. The molecule has 106 valence electrons. The fourth-order valence-corrected chi connectivity index (χ4v) is 3.11. The van der Waals surface area contributed by atoms with Gasteiger partial charge in [-0.3, -0.25) is 4.72 Å². The fourth-order valence-electron chi connectivity index (χ4n) is 1.46. The minimum absolute atomic E-state index is 0.0819. The van der Waals surface area contributed by atoms with Crippen molar-refractivity contribution in [1.29, 1.82) is 0 Å². The Morgan fingerprint density at radius 2 is 2.05 bits per heavy atom. The summed E-state index contributed by atoms with van der Waals surface area (Å²) in [7, 11) is -3.77. The van der Waals surface area contributed by atoms with Gasteiger partial charge in [-0.15, -0.1) is 0 Å². The highest BCUT2D eigenvalue weighted by Crippen LogP contribution is 2.27. The molecule has 2 aromatic rings. The van der Waals surface area contributed by atoms with Gasteiger partial charge in [0.2, 0.25) is 0 Å². The summed E-state index contributed by atoms with van der Waals surface area (Å²) in [5.41, 5.74) is 6.55. The number of anilines is 1. The Bertz CT molecular complexity index is 720. The molecule has 0 aliphatic rings. The van der Waals surface area contributed by atoms with E-state index in [1.165, 1.54) is 18.3 Å². The minimum Gasteiger partial charge on any atom is -0.326 e. The molecular formula is C12H11BrClN3O2S. The Balaban J connectivity index is 2.32. The predicted molar refractivity (Wildman–Crippen MR) is 82.1 cm³/mol. The summed E-state index contributed by atoms with van der Waals surface area (Å²) in [6, 6.07) is 7.85. The highest BCUT2D eigenvalue weighted by molar-refractivity contribution is 9.10. The van der Waals surface area contributed by atoms with Crippen molar-refractivity contribution >= 4 is 43.2 Å². The van der Waals surface area contributed by atoms with Gasteiger partial charge in [-0.2, -0.15) is 8.42 Å². The lowest BCUT2D eigenvalue weighted by Crippen LogP contribution is -2.15. The van der Waals surface area contributed by atoms with Crippen LogP contribution in [0.5, 0.6) is 0 Å². The lowest BCUT2D eigenvalue weighted by atomic mass is 10.3. The van der Waals surface area contributed by atoms with Crippen LogP contribution in [-0.2, 0) is 16.6 Å². The summed E-state index contributed by atoms with van der Waals surface area (Å²) in [6.07, 6.45) is 1.43. The Labute approximate surface area is 130 Å². The molecule has 1 heterocycles. The first kappa shape index (κ1) is 15.2. The van der Waals surface area contributed by atoms with Crippen LogP contribution in [0.15, 0.2) is 46.0 Å². The standard InChI is InChI=1S/C12H11BrClN3O2S/c13-10-3-2-9(14)5-11(10)17-20(18,19)12-4-1-8(6-15)7-16-12/h1-5,7,17H,6,15H2. The third-order valence-corrected chi connectivity index (χ3v) is 4.69. The van der Waals surface area contributed by atoms with E-state index in [1.54, 1.807) is 18.2 Å². The number of nitrogens with zero attached hydrogens (tertiary/aromatic N) is 1. The number of sulfonamides is 1. The molecule has 5 nitrogen and oxygen atoms in total. The monoisotopic (exact) mass is 375 g/mol. The first-order chi connectivity index (χ1) is 9.42. The average molecular weight is 377 g/mol. The first-order valence-corrected chi connectivity index (χ1v) is 8.20. The van der Waals surface area contributed by atoms with E-state index in [0.29, 0.717) is 21.7 Å². The van der Waals surface area contributed by atoms with Crippen molar-refractivity contribution < 1.29 is 8.42 Å². The van der Waals surface area contributed by atoms with Gasteiger partial charge in [0.1, 0.15) is 0 Å². The summed E-state index contributed by atoms with van der Waals surface area (Å²) in [6.45, 7) is 0.306. The molecule has 0 saturated carbocycles. The van der Waals surface area contributed by atoms with Gasteiger partial charge in [-0.25, -0.2) is 4.98 Å². The number of rotatable bonds is 4. The average Bonchev–Trinajstić information content (AvgIpc) is 2.43. The zero-order valence-electron chi connectivity index (χ0n) is 10.2. The third kappa shape index (κ3) is 3.49. The zero-order chi connectivity index (χ0) is 14.8. The van der Waals surface area contributed by atoms with Crippen LogP contribution in [0.1, 0.15) is 5.56 Å². The minimum atomic E-state index is -3.77. The maximum atomic E-state index is 12.2. The zero-order valence-corrected chi connectivity index (χ0v) is 13.3. The number of pyridine rings is 1. The Morgan fingerprint density at radius 3 is 2.65 bits per heavy atom. The van der Waals surface area contributed by atoms with Crippen LogP contribution in [-0.4, -0.2) is 13.4 Å². The van der Waals surface area contributed by atoms with Gasteiger partial charge >= 0.3 is 0 Å². The second-order valence-corrected chi connectivity index (χ2v) is 6.86. The molecule has 0 aliphatic heterocycles. The van der Waals surface area contributed by atoms with Gasteiger partial charge in [0.15, 0.2) is 5.03 Å². The van der Waals surface area contributed by atoms with Gasteiger partial charge in [-0.05, 0) is 45.8 Å². The van der Waals surface area contributed by atoms with E-state index in [1.807, 2.05) is 0 Å². The highest BCUT2D eigenvalue weighted by atomic mass is 79.9. The lowest BCUT2D eigenvalue weighted by Gasteiger charge is -2.09. The van der Waals surface area contributed by atoms with Crippen molar-refractivity contribution in [3.63, 3.8) is 0 Å². The summed E-state index contributed by atoms with van der Waals surface area (Å²) in [5.74, 6) is 0. The molecule has 0 bridgehead atoms. The lowest BCUT2D eigenvalue weighted by molar-refractivity contribution is 0.597. The molecule has 8 heteroatoms. The highest BCUT2D eigenvalue weighted by Gasteiger charge is 2.17. The van der Waals surface area contributed by atoms with Crippen molar-refractivity contribution in [2.24, 2.45) is 5.73 Å². The van der Waals surface area contributed by atoms with Gasteiger partial charge < -0.3 is 5.73 Å². The number of halogens is 2. The summed E-state index contributed by atoms with van der Waals surface area (Å²) >= 11 is 9.10. The molecule has 2 rings (SSSR count). The molecule has 0 radical (unpaired) electrons. The summed E-state index contributed by atoms with van der Waals surface area (Å²) in [5, 5.41) is 0.346. The van der Waals surface area contributed by atoms with Crippen LogP contribution in [0.25, 0.3) is 0 Å². The van der Waals surface area contributed by atoms with Gasteiger partial charge in [-0.1, -0.05) is 17.7 Å². The van der Waals surface area contributed by atoms with Crippen LogP contribution < -0.4 is 10.5 Å². The quantitative estimate of drug-likeness (QED) is 0.859. The second-order valence-electron chi connectivity index (χ2n) is 3.94. The van der Waals surface area contributed by atoms with Crippen LogP contribution in [0.4, 0.5) is 5.69 Å². The Hall–Kier alpha value is -1.15. The molecule has 20 heavy (non-hydrogen) atoms. The van der Waals surface area contributed by atoms with Crippen molar-refractivity contribution in [2.75, 3.05) is 4.72 Å². The van der Waals surface area contributed by atoms with E-state index >= 15 is 0 Å². The Morgan fingerprint density at radius 1 is 1.30 bits per heavy atom. The van der Waals surface area contributed by atoms with Crippen molar-refractivity contribution in [3.05, 3.63) is 51.6 Å². The molecule has 0 aliphatic carbocycles. The molecule has 0 fully saturated rings. The number of hydrogen-bond donors (Lipinski definition) is 2. The SMILES string of the molecule is NCc1ccc(S(=O)(=O)Nc2cc(Cl)ccc2Br)nc1. The molecule has 0 unspecified atom stereocenters. The maximum Gasteiger partial charge on any atom is 0.279 e. The molecule has 0 atom stereocenters. The van der Waals surface area contributed by atoms with Crippen LogP contribution in [0, 0.1) is 0 Å². The normalized spacial score (nSPS) is 11.3. The largest absolute Gasteiger partial charge is 0.326 e. The second kappa shape index (κ2) is 6.09. The number of hydrogen-bond acceptors (Lipinski definition) is 4. The number of benzene rings is 1. The number of aromatic nitrogens is 1. The van der Waals surface area contributed by atoms with Crippen LogP contribution >= 0.6 is 27.5 Å². The van der Waals surface area contributed by atoms with Crippen molar-refractivity contribution in [3.8, 4) is 0 Å². The van der Waals surface area contributed by atoms with E-state index in [4.69, 9.17) is 17.3 Å². The van der Waals surface area contributed by atoms with Crippen molar-refractivity contribution in [2.45, 2.75) is 11.6 Å². The topological polar surface area (TPSA) is 85.1 Å². The number of nitrogens with one attached hydrogen (secondary N) is 1. The first-order valence-electron chi connectivity index (χ1n) is 5.55. The summed E-state index contributed by atoms with van der Waals surface area (Å²) in [4.78, 5) is 3.89. The molecule has 0 amide bonds. The van der Waals surface area contributed by atoms with E-state index in [0.717, 1.165) is 5.56 Å². The third-order valence-electron chi connectivity index (χ3n) is 2.48. The molecule has 3 N–H and O–H groups in total. The molecule has 0 spiro atoms. The van der Waals surface area contributed by atoms with Crippen LogP contribution in [0.2, 0.25) is 5.02 Å². The van der Waals surface area contributed by atoms with E-state index in [2.05, 4.69) is 25.6 Å². The van der Waals surface area contributed by atoms with E-state index in [-0.39, 0.29) is 5.03 Å². The van der Waals surface area contributed by atoms with E-state index in [9.17, 15) is 8.42 Å². The molecule has 1 aromatic carbocycles. The number of nitrogens with two attached hydrogens (primary N) is 1. The van der Waals surface area contributed by atoms with Gasteiger partial charge in [0.05, 0.1) is 5.69 Å².